The lowest BCUT2D eigenvalue weighted by Gasteiger charge is -2.37. The van der Waals surface area contributed by atoms with E-state index in [4.69, 9.17) is 4.74 Å². The molecule has 0 atom stereocenters. The molecule has 2 fully saturated rings. The molecule has 11 heteroatoms. The summed E-state index contributed by atoms with van der Waals surface area (Å²) >= 11 is 0. The van der Waals surface area contributed by atoms with Crippen LogP contribution in [0.2, 0.25) is 0 Å². The predicted molar refractivity (Wildman–Crippen MR) is 119 cm³/mol. The number of likely N-dealkylation sites (tertiary alicyclic amines) is 2. The second-order valence-electron chi connectivity index (χ2n) is 9.81. The minimum Gasteiger partial charge on any atom is -0.465 e. The summed E-state index contributed by atoms with van der Waals surface area (Å²) in [5, 5.41) is 0. The Morgan fingerprint density at radius 2 is 1.25 bits per heavy atom. The van der Waals surface area contributed by atoms with Crippen molar-refractivity contribution in [1.82, 2.24) is 9.80 Å². The van der Waals surface area contributed by atoms with E-state index in [-0.39, 0.29) is 43.7 Å². The third kappa shape index (κ3) is 6.15. The number of esters is 1. The Morgan fingerprint density at radius 1 is 0.778 bits per heavy atom. The number of benzene rings is 1. The smallest absolute Gasteiger partial charge is 0.309 e. The molecule has 200 valence electrons. The standard InChI is InChI=1S/C25H31F5N2O4/c1-14(2)4-3-13-36-25(35)16-7-11-31(12-8-16)23(33)15-5-9-32(10-6-15)24(34)17-18(26)20(28)22(30)21(29)19(17)27/h14-16H,3-13H2,1-2H3. The molecule has 2 heterocycles. The average molecular weight is 519 g/mol. The minimum absolute atomic E-state index is 0.0616. The number of halogens is 5. The molecule has 0 aromatic heterocycles. The summed E-state index contributed by atoms with van der Waals surface area (Å²) in [6, 6.07) is 0. The highest BCUT2D eigenvalue weighted by Crippen LogP contribution is 2.28. The fourth-order valence-corrected chi connectivity index (χ4v) is 4.66. The van der Waals surface area contributed by atoms with Crippen molar-refractivity contribution in [3.63, 3.8) is 0 Å². The zero-order valence-corrected chi connectivity index (χ0v) is 20.4. The van der Waals surface area contributed by atoms with Gasteiger partial charge in [0.05, 0.1) is 12.5 Å². The van der Waals surface area contributed by atoms with Gasteiger partial charge in [0.25, 0.3) is 5.91 Å². The Hall–Kier alpha value is -2.72. The Bertz CT molecular complexity index is 958. The van der Waals surface area contributed by atoms with Crippen LogP contribution in [0.25, 0.3) is 0 Å². The number of carbonyl (C=O) groups excluding carboxylic acids is 3. The van der Waals surface area contributed by atoms with Crippen LogP contribution in [0.5, 0.6) is 0 Å². The number of hydrogen-bond acceptors (Lipinski definition) is 4. The highest BCUT2D eigenvalue weighted by Gasteiger charge is 2.36. The molecular formula is C25H31F5N2O4. The summed E-state index contributed by atoms with van der Waals surface area (Å²) in [6.07, 6.45) is 3.16. The number of ether oxygens (including phenoxy) is 1. The number of hydrogen-bond donors (Lipinski definition) is 0. The van der Waals surface area contributed by atoms with E-state index in [1.54, 1.807) is 4.90 Å². The van der Waals surface area contributed by atoms with Crippen LogP contribution in [-0.2, 0) is 14.3 Å². The molecule has 0 bridgehead atoms. The van der Waals surface area contributed by atoms with E-state index in [9.17, 15) is 36.3 Å². The first-order valence-corrected chi connectivity index (χ1v) is 12.3. The van der Waals surface area contributed by atoms with Crippen LogP contribution in [0.1, 0.15) is 62.7 Å². The van der Waals surface area contributed by atoms with E-state index in [2.05, 4.69) is 13.8 Å². The molecule has 0 spiro atoms. The summed E-state index contributed by atoms with van der Waals surface area (Å²) < 4.78 is 73.6. The van der Waals surface area contributed by atoms with Gasteiger partial charge in [-0.2, -0.15) is 0 Å². The van der Waals surface area contributed by atoms with Gasteiger partial charge >= 0.3 is 5.97 Å². The van der Waals surface area contributed by atoms with Gasteiger partial charge in [-0.3, -0.25) is 14.4 Å². The third-order valence-corrected chi connectivity index (χ3v) is 6.87. The molecule has 0 aliphatic carbocycles. The van der Waals surface area contributed by atoms with E-state index >= 15 is 0 Å². The van der Waals surface area contributed by atoms with Gasteiger partial charge in [-0.15, -0.1) is 0 Å². The highest BCUT2D eigenvalue weighted by atomic mass is 19.2. The van der Waals surface area contributed by atoms with Gasteiger partial charge in [-0.25, -0.2) is 22.0 Å². The SMILES string of the molecule is CC(C)CCCOC(=O)C1CCN(C(=O)C2CCN(C(=O)c3c(F)c(F)c(F)c(F)c3F)CC2)CC1. The molecule has 0 N–H and O–H groups in total. The largest absolute Gasteiger partial charge is 0.465 e. The van der Waals surface area contributed by atoms with Crippen molar-refractivity contribution in [3.8, 4) is 0 Å². The molecule has 36 heavy (non-hydrogen) atoms. The molecule has 1 aromatic carbocycles. The van der Waals surface area contributed by atoms with Crippen molar-refractivity contribution in [1.29, 1.82) is 0 Å². The number of rotatable bonds is 7. The molecular weight excluding hydrogens is 487 g/mol. The van der Waals surface area contributed by atoms with Gasteiger partial charge in [0.15, 0.2) is 23.3 Å². The fourth-order valence-electron chi connectivity index (χ4n) is 4.66. The topological polar surface area (TPSA) is 66.9 Å². The van der Waals surface area contributed by atoms with Crippen molar-refractivity contribution < 1.29 is 41.1 Å². The molecule has 0 radical (unpaired) electrons. The first-order valence-electron chi connectivity index (χ1n) is 12.3. The Kier molecular flexibility index (Phi) is 9.30. The van der Waals surface area contributed by atoms with Gasteiger partial charge in [0.2, 0.25) is 11.7 Å². The third-order valence-electron chi connectivity index (χ3n) is 6.87. The van der Waals surface area contributed by atoms with Gasteiger partial charge in [-0.05, 0) is 44.4 Å². The first kappa shape index (κ1) is 27.9. The van der Waals surface area contributed by atoms with E-state index in [0.29, 0.717) is 38.5 Å². The predicted octanol–water partition coefficient (Wildman–Crippen LogP) is 4.45. The Labute approximate surface area is 206 Å². The minimum atomic E-state index is -2.32. The molecule has 2 aliphatic heterocycles. The lowest BCUT2D eigenvalue weighted by Crippen LogP contribution is -2.47. The number of piperidine rings is 2. The van der Waals surface area contributed by atoms with Crippen LogP contribution in [0.15, 0.2) is 0 Å². The lowest BCUT2D eigenvalue weighted by atomic mass is 9.91. The molecule has 0 saturated carbocycles. The van der Waals surface area contributed by atoms with E-state index in [1.807, 2.05) is 0 Å². The molecule has 2 amide bonds. The van der Waals surface area contributed by atoms with Gasteiger partial charge in [0.1, 0.15) is 5.56 Å². The van der Waals surface area contributed by atoms with E-state index in [0.717, 1.165) is 17.7 Å². The van der Waals surface area contributed by atoms with Gasteiger partial charge in [0, 0.05) is 32.1 Å². The zero-order valence-electron chi connectivity index (χ0n) is 20.4. The van der Waals surface area contributed by atoms with Crippen LogP contribution in [0, 0.1) is 46.8 Å². The van der Waals surface area contributed by atoms with Crippen molar-refractivity contribution in [3.05, 3.63) is 34.6 Å². The van der Waals surface area contributed by atoms with E-state index < -0.39 is 46.5 Å². The maximum atomic E-state index is 14.0. The second-order valence-corrected chi connectivity index (χ2v) is 9.81. The molecule has 0 unspecified atom stereocenters. The maximum absolute atomic E-state index is 14.0. The van der Waals surface area contributed by atoms with Crippen LogP contribution >= 0.6 is 0 Å². The second kappa shape index (κ2) is 12.0. The van der Waals surface area contributed by atoms with Crippen LogP contribution in [0.4, 0.5) is 22.0 Å². The molecule has 3 rings (SSSR count). The lowest BCUT2D eigenvalue weighted by molar-refractivity contribution is -0.152. The molecule has 1 aromatic rings. The van der Waals surface area contributed by atoms with Crippen molar-refractivity contribution in [2.24, 2.45) is 17.8 Å². The van der Waals surface area contributed by atoms with E-state index in [1.165, 1.54) is 0 Å². The highest BCUT2D eigenvalue weighted by molar-refractivity contribution is 5.95. The van der Waals surface area contributed by atoms with Gasteiger partial charge in [-0.1, -0.05) is 13.8 Å². The van der Waals surface area contributed by atoms with Crippen LogP contribution in [-0.4, -0.2) is 60.4 Å². The van der Waals surface area contributed by atoms with Crippen molar-refractivity contribution in [2.45, 2.75) is 52.4 Å². The Balaban J connectivity index is 1.49. The quantitative estimate of drug-likeness (QED) is 0.176. The Morgan fingerprint density at radius 3 is 1.78 bits per heavy atom. The molecule has 2 saturated heterocycles. The molecule has 6 nitrogen and oxygen atoms in total. The maximum Gasteiger partial charge on any atom is 0.309 e. The fraction of sp³-hybridized carbons (Fsp3) is 0.640. The zero-order chi connectivity index (χ0) is 26.6. The average Bonchev–Trinajstić information content (AvgIpc) is 2.88. The summed E-state index contributed by atoms with van der Waals surface area (Å²) in [7, 11) is 0. The van der Waals surface area contributed by atoms with Crippen molar-refractivity contribution in [2.75, 3.05) is 32.8 Å². The number of amides is 2. The number of nitrogens with zero attached hydrogens (tertiary/aromatic N) is 2. The summed E-state index contributed by atoms with van der Waals surface area (Å²) in [6.45, 7) is 5.26. The van der Waals surface area contributed by atoms with Crippen LogP contribution < -0.4 is 0 Å². The normalized spacial score (nSPS) is 17.6. The summed E-state index contributed by atoms with van der Waals surface area (Å²) in [5.74, 6) is -12.9. The summed E-state index contributed by atoms with van der Waals surface area (Å²) in [5.41, 5.74) is -1.49. The first-order chi connectivity index (χ1) is 17.0. The van der Waals surface area contributed by atoms with Gasteiger partial charge < -0.3 is 14.5 Å². The summed E-state index contributed by atoms with van der Waals surface area (Å²) in [4.78, 5) is 40.4. The monoisotopic (exact) mass is 518 g/mol. The molecule has 2 aliphatic rings. The number of carbonyl (C=O) groups is 3. The van der Waals surface area contributed by atoms with Crippen LogP contribution in [0.3, 0.4) is 0 Å². The van der Waals surface area contributed by atoms with Crippen molar-refractivity contribution >= 4 is 17.8 Å².